The van der Waals surface area contributed by atoms with Crippen molar-refractivity contribution in [1.82, 2.24) is 4.98 Å². The number of aliphatic hydroxyl groups is 1. The number of Topliss-reactive ketones (excluding diaryl/α,β-unsaturated/α-hetero) is 1. The fourth-order valence-corrected chi connectivity index (χ4v) is 1.51. The monoisotopic (exact) mass is 206 g/mol. The van der Waals surface area contributed by atoms with Gasteiger partial charge in [0.15, 0.2) is 5.60 Å². The molecule has 5 nitrogen and oxygen atoms in total. The number of ketones is 1. The van der Waals surface area contributed by atoms with E-state index in [9.17, 15) is 9.90 Å². The summed E-state index contributed by atoms with van der Waals surface area (Å²) in [5.74, 6) is -1.29. The lowest BCUT2D eigenvalue weighted by atomic mass is 9.92. The summed E-state index contributed by atoms with van der Waals surface area (Å²) in [6.07, 6.45) is 3.09. The van der Waals surface area contributed by atoms with Crippen LogP contribution >= 0.6 is 0 Å². The number of nitrogens with zero attached hydrogens (tertiary/aromatic N) is 1. The lowest BCUT2D eigenvalue weighted by Crippen LogP contribution is -2.31. The van der Waals surface area contributed by atoms with Crippen molar-refractivity contribution in [2.45, 2.75) is 12.5 Å². The van der Waals surface area contributed by atoms with Crippen LogP contribution in [0.4, 0.5) is 0 Å². The average molecular weight is 206 g/mol. The molecule has 78 valence electrons. The SMILES string of the molecule is CC1(c2ccncc2)OC(N)=C(O)C1=O. The quantitative estimate of drug-likeness (QED) is 0.702. The molecule has 0 spiro atoms. The number of aliphatic hydroxyl groups excluding tert-OH is 1. The largest absolute Gasteiger partial charge is 0.501 e. The molecule has 0 amide bonds. The molecule has 2 heterocycles. The normalized spacial score (nSPS) is 25.5. The van der Waals surface area contributed by atoms with Crippen LogP contribution in [-0.4, -0.2) is 15.9 Å². The van der Waals surface area contributed by atoms with E-state index in [1.807, 2.05) is 0 Å². The number of rotatable bonds is 1. The highest BCUT2D eigenvalue weighted by molar-refractivity contribution is 6.02. The van der Waals surface area contributed by atoms with Gasteiger partial charge in [-0.25, -0.2) is 0 Å². The van der Waals surface area contributed by atoms with E-state index in [4.69, 9.17) is 10.5 Å². The highest BCUT2D eigenvalue weighted by Gasteiger charge is 2.46. The van der Waals surface area contributed by atoms with Crippen LogP contribution in [0.2, 0.25) is 0 Å². The molecule has 0 bridgehead atoms. The smallest absolute Gasteiger partial charge is 0.250 e. The first kappa shape index (κ1) is 9.51. The van der Waals surface area contributed by atoms with Gasteiger partial charge in [0.25, 0.3) is 5.78 Å². The predicted octanol–water partition coefficient (Wildman–Crippen LogP) is 0.582. The van der Waals surface area contributed by atoms with Gasteiger partial charge in [0.05, 0.1) is 0 Å². The van der Waals surface area contributed by atoms with E-state index in [1.165, 1.54) is 0 Å². The second-order valence-electron chi connectivity index (χ2n) is 3.41. The van der Waals surface area contributed by atoms with Crippen molar-refractivity contribution in [3.8, 4) is 0 Å². The van der Waals surface area contributed by atoms with Gasteiger partial charge in [0.2, 0.25) is 11.6 Å². The number of hydrogen-bond acceptors (Lipinski definition) is 5. The summed E-state index contributed by atoms with van der Waals surface area (Å²) in [7, 11) is 0. The summed E-state index contributed by atoms with van der Waals surface area (Å²) >= 11 is 0. The predicted molar refractivity (Wildman–Crippen MR) is 51.5 cm³/mol. The van der Waals surface area contributed by atoms with Crippen LogP contribution < -0.4 is 5.73 Å². The standard InChI is InChI=1S/C10H10N2O3/c1-10(6-2-4-12-5-3-6)8(14)7(13)9(11)15-10/h2-5,13H,11H2,1H3. The second kappa shape index (κ2) is 2.98. The number of pyridine rings is 1. The van der Waals surface area contributed by atoms with Gasteiger partial charge in [-0.05, 0) is 19.1 Å². The first-order valence-electron chi connectivity index (χ1n) is 4.39. The average Bonchev–Trinajstić information content (AvgIpc) is 2.45. The first-order valence-corrected chi connectivity index (χ1v) is 4.39. The topological polar surface area (TPSA) is 85.4 Å². The molecule has 0 aromatic carbocycles. The van der Waals surface area contributed by atoms with Crippen molar-refractivity contribution in [3.05, 3.63) is 41.7 Å². The van der Waals surface area contributed by atoms with E-state index < -0.39 is 17.1 Å². The van der Waals surface area contributed by atoms with Crippen LogP contribution in [-0.2, 0) is 15.1 Å². The molecule has 1 aromatic rings. The van der Waals surface area contributed by atoms with Crippen molar-refractivity contribution in [2.24, 2.45) is 5.73 Å². The van der Waals surface area contributed by atoms with Gasteiger partial charge in [-0.1, -0.05) is 0 Å². The molecule has 1 unspecified atom stereocenters. The minimum Gasteiger partial charge on any atom is -0.501 e. The van der Waals surface area contributed by atoms with Gasteiger partial charge in [-0.3, -0.25) is 9.78 Å². The number of hydrogen-bond donors (Lipinski definition) is 2. The van der Waals surface area contributed by atoms with E-state index >= 15 is 0 Å². The van der Waals surface area contributed by atoms with Crippen molar-refractivity contribution in [1.29, 1.82) is 0 Å². The Bertz CT molecular complexity index is 441. The third-order valence-corrected chi connectivity index (χ3v) is 2.43. The summed E-state index contributed by atoms with van der Waals surface area (Å²) < 4.78 is 5.19. The van der Waals surface area contributed by atoms with Crippen molar-refractivity contribution < 1.29 is 14.6 Å². The van der Waals surface area contributed by atoms with E-state index in [0.717, 1.165) is 0 Å². The molecule has 0 fully saturated rings. The Morgan fingerprint density at radius 2 is 2.07 bits per heavy atom. The lowest BCUT2D eigenvalue weighted by molar-refractivity contribution is -0.131. The highest BCUT2D eigenvalue weighted by atomic mass is 16.5. The fraction of sp³-hybridized carbons (Fsp3) is 0.200. The molecule has 0 aliphatic carbocycles. The molecule has 1 aromatic heterocycles. The molecule has 2 rings (SSSR count). The summed E-state index contributed by atoms with van der Waals surface area (Å²) in [4.78, 5) is 15.5. The number of nitrogens with two attached hydrogens (primary N) is 1. The summed E-state index contributed by atoms with van der Waals surface area (Å²) in [5, 5.41) is 9.33. The van der Waals surface area contributed by atoms with Crippen LogP contribution in [0.1, 0.15) is 12.5 Å². The van der Waals surface area contributed by atoms with Crippen molar-refractivity contribution >= 4 is 5.78 Å². The number of aromatic nitrogens is 1. The van der Waals surface area contributed by atoms with Gasteiger partial charge >= 0.3 is 0 Å². The van der Waals surface area contributed by atoms with Gasteiger partial charge in [0.1, 0.15) is 0 Å². The molecule has 0 saturated heterocycles. The number of carbonyl (C=O) groups is 1. The third kappa shape index (κ3) is 1.24. The number of ether oxygens (including phenoxy) is 1. The summed E-state index contributed by atoms with van der Waals surface area (Å²) in [6, 6.07) is 3.29. The molecule has 3 N–H and O–H groups in total. The molecule has 1 aliphatic heterocycles. The van der Waals surface area contributed by atoms with Crippen molar-refractivity contribution in [3.63, 3.8) is 0 Å². The molecule has 15 heavy (non-hydrogen) atoms. The summed E-state index contributed by atoms with van der Waals surface area (Å²) in [6.45, 7) is 1.56. The molecular weight excluding hydrogens is 196 g/mol. The van der Waals surface area contributed by atoms with E-state index in [0.29, 0.717) is 5.56 Å². The fourth-order valence-electron chi connectivity index (χ4n) is 1.51. The highest BCUT2D eigenvalue weighted by Crippen LogP contribution is 2.35. The molecular formula is C10H10N2O3. The minimum atomic E-state index is -1.24. The maximum absolute atomic E-state index is 11.7. The van der Waals surface area contributed by atoms with E-state index in [2.05, 4.69) is 4.98 Å². The molecule has 5 heteroatoms. The molecule has 1 atom stereocenters. The Balaban J connectivity index is 2.45. The van der Waals surface area contributed by atoms with Crippen LogP contribution in [0.25, 0.3) is 0 Å². The van der Waals surface area contributed by atoms with Crippen LogP contribution in [0.3, 0.4) is 0 Å². The zero-order chi connectivity index (χ0) is 11.1. The summed E-state index contributed by atoms with van der Waals surface area (Å²) in [5.41, 5.74) is 4.72. The molecule has 0 saturated carbocycles. The molecule has 0 radical (unpaired) electrons. The van der Waals surface area contributed by atoms with Crippen LogP contribution in [0, 0.1) is 0 Å². The zero-order valence-electron chi connectivity index (χ0n) is 8.10. The number of carbonyl (C=O) groups excluding carboxylic acids is 1. The Hall–Kier alpha value is -2.04. The maximum Gasteiger partial charge on any atom is 0.250 e. The minimum absolute atomic E-state index is 0.237. The van der Waals surface area contributed by atoms with Gasteiger partial charge in [0, 0.05) is 18.0 Å². The van der Waals surface area contributed by atoms with E-state index in [1.54, 1.807) is 31.5 Å². The maximum atomic E-state index is 11.7. The first-order chi connectivity index (χ1) is 7.05. The third-order valence-electron chi connectivity index (χ3n) is 2.43. The van der Waals surface area contributed by atoms with Crippen LogP contribution in [0.15, 0.2) is 36.2 Å². The van der Waals surface area contributed by atoms with Crippen molar-refractivity contribution in [2.75, 3.05) is 0 Å². The Labute approximate surface area is 86.2 Å². The lowest BCUT2D eigenvalue weighted by Gasteiger charge is -2.22. The van der Waals surface area contributed by atoms with Gasteiger partial charge in [-0.2, -0.15) is 0 Å². The Morgan fingerprint density at radius 1 is 1.47 bits per heavy atom. The Morgan fingerprint density at radius 3 is 2.53 bits per heavy atom. The van der Waals surface area contributed by atoms with E-state index in [-0.39, 0.29) is 5.88 Å². The van der Waals surface area contributed by atoms with Gasteiger partial charge < -0.3 is 15.6 Å². The van der Waals surface area contributed by atoms with Crippen LogP contribution in [0.5, 0.6) is 0 Å². The Kier molecular flexibility index (Phi) is 1.89. The zero-order valence-corrected chi connectivity index (χ0v) is 8.10. The molecule has 1 aliphatic rings. The van der Waals surface area contributed by atoms with Gasteiger partial charge in [-0.15, -0.1) is 0 Å². The second-order valence-corrected chi connectivity index (χ2v) is 3.41.